The summed E-state index contributed by atoms with van der Waals surface area (Å²) >= 11 is -1.62. The molecule has 0 aliphatic carbocycles. The van der Waals surface area contributed by atoms with E-state index in [0.29, 0.717) is 0 Å². The topological polar surface area (TPSA) is 34.1 Å². The van der Waals surface area contributed by atoms with Crippen LogP contribution in [0.1, 0.15) is 0 Å². The Hall–Kier alpha value is 1.12. The zero-order chi connectivity index (χ0) is 2.71. The Morgan fingerprint density at radius 1 is 1.25 bits per heavy atom. The molecular formula is HNaO2Se. The summed E-state index contributed by atoms with van der Waals surface area (Å²) in [5.74, 6) is 0. The molecule has 0 rings (SSSR count). The first-order chi connectivity index (χ1) is 1.41. The van der Waals surface area contributed by atoms with Crippen LogP contribution in [0.5, 0.6) is 0 Å². The van der Waals surface area contributed by atoms with Gasteiger partial charge in [-0.15, -0.1) is 0 Å². The van der Waals surface area contributed by atoms with E-state index in [0.717, 1.165) is 0 Å². The molecule has 0 radical (unpaired) electrons. The second kappa shape index (κ2) is 8.92. The number of rotatable bonds is 0. The normalized spacial score (nSPS) is 3.00. The van der Waals surface area contributed by atoms with Gasteiger partial charge in [0.2, 0.25) is 0 Å². The fourth-order valence-electron chi connectivity index (χ4n) is 0. The molecule has 0 aromatic heterocycles. The van der Waals surface area contributed by atoms with Gasteiger partial charge in [0, 0.05) is 0 Å². The Morgan fingerprint density at radius 2 is 1.25 bits per heavy atom. The van der Waals surface area contributed by atoms with E-state index < -0.39 is 14.8 Å². The summed E-state index contributed by atoms with van der Waals surface area (Å²) in [6.07, 6.45) is 0. The van der Waals surface area contributed by atoms with E-state index in [1.54, 1.807) is 0 Å². The minimum atomic E-state index is -1.62. The van der Waals surface area contributed by atoms with Crippen LogP contribution in [-0.2, 0) is 7.67 Å². The van der Waals surface area contributed by atoms with Gasteiger partial charge in [0.05, 0.1) is 0 Å². The zero-order valence-corrected chi connectivity index (χ0v) is 2.94. The third-order valence-corrected chi connectivity index (χ3v) is 0. The molecule has 0 unspecified atom stereocenters. The molecule has 0 N–H and O–H groups in total. The molecule has 0 aromatic rings. The van der Waals surface area contributed by atoms with Crippen LogP contribution < -0.4 is 0 Å². The third kappa shape index (κ3) is 11.2. The van der Waals surface area contributed by atoms with Crippen LogP contribution >= 0.6 is 0 Å². The van der Waals surface area contributed by atoms with Crippen molar-refractivity contribution in [3.63, 3.8) is 0 Å². The van der Waals surface area contributed by atoms with E-state index >= 15 is 0 Å². The predicted octanol–water partition coefficient (Wildman–Crippen LogP) is -1.27. The monoisotopic (exact) mass is 136 g/mol. The Labute approximate surface area is 51.8 Å². The van der Waals surface area contributed by atoms with Crippen LogP contribution in [0.25, 0.3) is 0 Å². The van der Waals surface area contributed by atoms with Crippen molar-refractivity contribution in [1.29, 1.82) is 0 Å². The SMILES string of the molecule is O=[Se]=O.[NaH]. The third-order valence-electron chi connectivity index (χ3n) is 0. The summed E-state index contributed by atoms with van der Waals surface area (Å²) in [4.78, 5) is 0. The molecule has 4 heteroatoms. The van der Waals surface area contributed by atoms with Crippen molar-refractivity contribution in [2.24, 2.45) is 0 Å². The van der Waals surface area contributed by atoms with Gasteiger partial charge >= 0.3 is 52.0 Å². The van der Waals surface area contributed by atoms with E-state index in [9.17, 15) is 0 Å². The van der Waals surface area contributed by atoms with E-state index in [-0.39, 0.29) is 29.6 Å². The maximum atomic E-state index is 8.44. The second-order valence-electron chi connectivity index (χ2n) is 0.0680. The molecule has 0 fully saturated rings. The van der Waals surface area contributed by atoms with Crippen LogP contribution in [0.3, 0.4) is 0 Å². The van der Waals surface area contributed by atoms with Crippen molar-refractivity contribution < 1.29 is 7.67 Å². The molecular weight excluding hydrogens is 134 g/mol. The molecule has 4 heavy (non-hydrogen) atoms. The van der Waals surface area contributed by atoms with Gasteiger partial charge in [-0.25, -0.2) is 0 Å². The van der Waals surface area contributed by atoms with E-state index in [1.165, 1.54) is 0 Å². The Morgan fingerprint density at radius 3 is 1.25 bits per heavy atom. The van der Waals surface area contributed by atoms with Crippen LogP contribution in [0.2, 0.25) is 0 Å². The molecule has 0 saturated heterocycles. The summed E-state index contributed by atoms with van der Waals surface area (Å²) in [6.45, 7) is 0. The molecule has 0 atom stereocenters. The van der Waals surface area contributed by atoms with Gasteiger partial charge in [0.1, 0.15) is 0 Å². The van der Waals surface area contributed by atoms with E-state index in [1.807, 2.05) is 0 Å². The standard InChI is InChI=1S/Na.O2Se.H/c;1-3-2;. The molecule has 0 aliphatic heterocycles. The molecule has 0 heterocycles. The van der Waals surface area contributed by atoms with Crippen molar-refractivity contribution in [1.82, 2.24) is 0 Å². The fraction of sp³-hybridized carbons (Fsp3) is 0. The quantitative estimate of drug-likeness (QED) is 0.388. The van der Waals surface area contributed by atoms with Crippen molar-refractivity contribution >= 4 is 44.4 Å². The van der Waals surface area contributed by atoms with Crippen molar-refractivity contribution in [3.8, 4) is 0 Å². The summed E-state index contributed by atoms with van der Waals surface area (Å²) in [5.41, 5.74) is 0. The molecule has 0 spiro atoms. The zero-order valence-electron chi connectivity index (χ0n) is 1.22. The predicted molar refractivity (Wildman–Crippen MR) is 14.3 cm³/mol. The molecule has 0 bridgehead atoms. The first-order valence-electron chi connectivity index (χ1n) is 0.333. The minimum absolute atomic E-state index is 0. The summed E-state index contributed by atoms with van der Waals surface area (Å²) in [7, 11) is 0. The van der Waals surface area contributed by atoms with Crippen molar-refractivity contribution in [3.05, 3.63) is 0 Å². The second-order valence-corrected chi connectivity index (χ2v) is 0.354. The molecule has 0 aliphatic rings. The van der Waals surface area contributed by atoms with Gasteiger partial charge in [0.15, 0.2) is 0 Å². The van der Waals surface area contributed by atoms with Gasteiger partial charge in [-0.2, -0.15) is 0 Å². The Kier molecular flexibility index (Phi) is 19.9. The van der Waals surface area contributed by atoms with Crippen LogP contribution in [0, 0.1) is 0 Å². The van der Waals surface area contributed by atoms with Crippen LogP contribution in [0.15, 0.2) is 0 Å². The molecule has 0 saturated carbocycles. The van der Waals surface area contributed by atoms with Gasteiger partial charge in [-0.3, -0.25) is 0 Å². The van der Waals surface area contributed by atoms with E-state index in [4.69, 9.17) is 7.67 Å². The van der Waals surface area contributed by atoms with Crippen LogP contribution in [0.4, 0.5) is 0 Å². The van der Waals surface area contributed by atoms with Gasteiger partial charge in [0.25, 0.3) is 0 Å². The summed E-state index contributed by atoms with van der Waals surface area (Å²) < 4.78 is 16.9. The van der Waals surface area contributed by atoms with Gasteiger partial charge < -0.3 is 0 Å². The number of hydrogen-bond donors (Lipinski definition) is 0. The Bertz CT molecular complexity index is 27.0. The van der Waals surface area contributed by atoms with Crippen LogP contribution in [-0.4, -0.2) is 44.4 Å². The van der Waals surface area contributed by atoms with Crippen molar-refractivity contribution in [2.75, 3.05) is 0 Å². The average molecular weight is 135 g/mol. The molecule has 20 valence electrons. The molecule has 0 aromatic carbocycles. The Balaban J connectivity index is 0. The van der Waals surface area contributed by atoms with Gasteiger partial charge in [-0.1, -0.05) is 0 Å². The molecule has 0 amide bonds. The first-order valence-corrected chi connectivity index (χ1v) is 1.73. The molecule has 2 nitrogen and oxygen atoms in total. The fourth-order valence-corrected chi connectivity index (χ4v) is 0. The van der Waals surface area contributed by atoms with Gasteiger partial charge in [-0.05, 0) is 0 Å². The maximum absolute atomic E-state index is 8.44. The summed E-state index contributed by atoms with van der Waals surface area (Å²) in [5, 5.41) is 0. The first kappa shape index (κ1) is 8.93. The van der Waals surface area contributed by atoms with Crippen molar-refractivity contribution in [2.45, 2.75) is 0 Å². The number of hydrogen-bond acceptors (Lipinski definition) is 2. The summed E-state index contributed by atoms with van der Waals surface area (Å²) in [6, 6.07) is 0. The average Bonchev–Trinajstić information content (AvgIpc) is 0.918. The van der Waals surface area contributed by atoms with E-state index in [2.05, 4.69) is 0 Å².